The molecule has 3 heterocycles. The number of para-hydroxylation sites is 1. The molecule has 1 atom stereocenters. The number of nitrogens with zero attached hydrogens (tertiary/aromatic N) is 5. The molecule has 0 saturated carbocycles. The van der Waals surface area contributed by atoms with Gasteiger partial charge in [0.25, 0.3) is 11.2 Å². The van der Waals surface area contributed by atoms with Gasteiger partial charge in [-0.05, 0) is 73.9 Å². The van der Waals surface area contributed by atoms with E-state index in [0.717, 1.165) is 49.0 Å². The predicted octanol–water partition coefficient (Wildman–Crippen LogP) is 7.76. The van der Waals surface area contributed by atoms with Crippen molar-refractivity contribution in [3.05, 3.63) is 131 Å². The molecule has 5 aromatic rings. The number of rotatable bonds is 5. The molecule has 0 radical (unpaired) electrons. The van der Waals surface area contributed by atoms with Crippen molar-refractivity contribution in [3.63, 3.8) is 0 Å². The van der Waals surface area contributed by atoms with Crippen LogP contribution in [0, 0.1) is 21.0 Å². The first-order chi connectivity index (χ1) is 20.4. The Balaban J connectivity index is 1.40. The van der Waals surface area contributed by atoms with Crippen molar-refractivity contribution in [3.8, 4) is 5.69 Å². The molecule has 7 rings (SSSR count). The van der Waals surface area contributed by atoms with Crippen LogP contribution in [0.15, 0.2) is 99.6 Å². The van der Waals surface area contributed by atoms with Gasteiger partial charge in [0.05, 0.1) is 15.5 Å². The van der Waals surface area contributed by atoms with Gasteiger partial charge in [-0.25, -0.2) is 0 Å². The van der Waals surface area contributed by atoms with Gasteiger partial charge in [-0.15, -0.1) is 16.5 Å². The molecule has 0 bridgehead atoms. The van der Waals surface area contributed by atoms with E-state index in [-0.39, 0.29) is 11.4 Å². The molecule has 0 amide bonds. The standard InChI is InChI=1S/C30H23N7O3S2/c1-17-7-11-19(12-8-17)32-33-25-28-31-22-15-16-23-27(42-30(41)35(23)20-5-3-2-4-6-20)24(22)26(36(28)34-29(25)38)18-9-13-21(14-10-18)37(39)40/h2-14,26,31H,15-16H2,1H3,(H,34,38). The highest BCUT2D eigenvalue weighted by atomic mass is 32.1. The quantitative estimate of drug-likeness (QED) is 0.0933. The SMILES string of the molecule is Cc1ccc(N=Nc2c3n([nH]c2=O)C(c2ccc([N+](=O)[O-])cc2)C2=C(CCc4c2sc(=S)n4-c2ccccc2)N3)cc1. The largest absolute Gasteiger partial charge is 0.342 e. The van der Waals surface area contributed by atoms with Gasteiger partial charge in [0.15, 0.2) is 15.5 Å². The van der Waals surface area contributed by atoms with E-state index >= 15 is 0 Å². The minimum absolute atomic E-state index is 0.00841. The van der Waals surface area contributed by atoms with Crippen molar-refractivity contribution in [2.75, 3.05) is 5.32 Å². The maximum atomic E-state index is 13.3. The summed E-state index contributed by atoms with van der Waals surface area (Å²) < 4.78 is 4.58. The molecule has 10 nitrogen and oxygen atoms in total. The molecule has 2 N–H and O–H groups in total. The molecular weight excluding hydrogens is 571 g/mol. The third-order valence-corrected chi connectivity index (χ3v) is 8.97. The van der Waals surface area contributed by atoms with Crippen molar-refractivity contribution >= 4 is 52.0 Å². The molecule has 1 aliphatic heterocycles. The molecule has 1 unspecified atom stereocenters. The Morgan fingerprint density at radius 1 is 1.00 bits per heavy atom. The summed E-state index contributed by atoms with van der Waals surface area (Å²) in [7, 11) is 0. The number of thiazole rings is 1. The number of fused-ring (bicyclic) bond motifs is 3. The molecule has 1 aliphatic carbocycles. The number of nitro groups is 1. The highest BCUT2D eigenvalue weighted by Crippen LogP contribution is 2.49. The van der Waals surface area contributed by atoms with Crippen LogP contribution in [0.4, 0.5) is 22.9 Å². The van der Waals surface area contributed by atoms with Gasteiger partial charge in [-0.3, -0.25) is 29.3 Å². The first kappa shape index (κ1) is 26.0. The number of aromatic amines is 1. The lowest BCUT2D eigenvalue weighted by Crippen LogP contribution is -2.27. The van der Waals surface area contributed by atoms with E-state index in [4.69, 9.17) is 12.2 Å². The first-order valence-corrected chi connectivity index (χ1v) is 14.5. The molecule has 208 valence electrons. The number of benzene rings is 3. The first-order valence-electron chi connectivity index (χ1n) is 13.3. The van der Waals surface area contributed by atoms with Crippen molar-refractivity contribution in [1.82, 2.24) is 14.3 Å². The maximum Gasteiger partial charge on any atom is 0.294 e. The van der Waals surface area contributed by atoms with Crippen LogP contribution in [0.5, 0.6) is 0 Å². The van der Waals surface area contributed by atoms with Crippen molar-refractivity contribution in [2.45, 2.75) is 25.8 Å². The van der Waals surface area contributed by atoms with Crippen molar-refractivity contribution in [1.29, 1.82) is 0 Å². The monoisotopic (exact) mass is 593 g/mol. The number of hydrogen-bond acceptors (Lipinski definition) is 8. The molecule has 2 aliphatic rings. The fraction of sp³-hybridized carbons (Fsp3) is 0.133. The Kier molecular flexibility index (Phi) is 6.29. The maximum absolute atomic E-state index is 13.3. The molecule has 42 heavy (non-hydrogen) atoms. The van der Waals surface area contributed by atoms with Crippen LogP contribution < -0.4 is 10.9 Å². The van der Waals surface area contributed by atoms with Crippen LogP contribution in [-0.2, 0) is 6.42 Å². The number of non-ortho nitro benzene ring substituents is 1. The van der Waals surface area contributed by atoms with Gasteiger partial charge in [0, 0.05) is 34.8 Å². The molecule has 12 heteroatoms. The Morgan fingerprint density at radius 2 is 1.74 bits per heavy atom. The van der Waals surface area contributed by atoms with E-state index < -0.39 is 16.5 Å². The fourth-order valence-corrected chi connectivity index (χ4v) is 7.15. The zero-order valence-corrected chi connectivity index (χ0v) is 23.9. The number of nitro benzene ring substituents is 1. The Bertz CT molecular complexity index is 2030. The zero-order chi connectivity index (χ0) is 29.0. The van der Waals surface area contributed by atoms with Crippen LogP contribution in [0.2, 0.25) is 0 Å². The average molecular weight is 594 g/mol. The third kappa shape index (κ3) is 4.32. The second-order valence-electron chi connectivity index (χ2n) is 10.1. The summed E-state index contributed by atoms with van der Waals surface area (Å²) in [5.74, 6) is 0.493. The summed E-state index contributed by atoms with van der Waals surface area (Å²) in [4.78, 5) is 25.3. The van der Waals surface area contributed by atoms with Gasteiger partial charge in [0.1, 0.15) is 6.04 Å². The number of allylic oxidation sites excluding steroid dienone is 2. The van der Waals surface area contributed by atoms with Crippen molar-refractivity contribution < 1.29 is 4.92 Å². The Morgan fingerprint density at radius 3 is 2.45 bits per heavy atom. The third-order valence-electron chi connectivity index (χ3n) is 7.52. The number of aromatic nitrogens is 3. The smallest absolute Gasteiger partial charge is 0.294 e. The number of hydrogen-bond donors (Lipinski definition) is 2. The van der Waals surface area contributed by atoms with E-state index in [1.54, 1.807) is 16.8 Å². The topological polar surface area (TPSA) is 123 Å². The normalized spacial score (nSPS) is 15.7. The minimum atomic E-state index is -0.482. The summed E-state index contributed by atoms with van der Waals surface area (Å²) >= 11 is 7.38. The number of H-pyrrole nitrogens is 1. The summed E-state index contributed by atoms with van der Waals surface area (Å²) in [5, 5.41) is 26.5. The van der Waals surface area contributed by atoms with E-state index in [0.29, 0.717) is 17.9 Å². The van der Waals surface area contributed by atoms with Crippen LogP contribution in [0.25, 0.3) is 11.3 Å². The number of azo groups is 1. The average Bonchev–Trinajstić information content (AvgIpc) is 3.50. The molecule has 2 aromatic heterocycles. The van der Waals surface area contributed by atoms with Crippen LogP contribution >= 0.6 is 23.6 Å². The van der Waals surface area contributed by atoms with Crippen LogP contribution in [0.1, 0.15) is 34.2 Å². The van der Waals surface area contributed by atoms with Gasteiger partial charge in [-0.1, -0.05) is 35.9 Å². The molecule has 0 spiro atoms. The second-order valence-corrected chi connectivity index (χ2v) is 11.8. The highest BCUT2D eigenvalue weighted by molar-refractivity contribution is 7.73. The van der Waals surface area contributed by atoms with Crippen molar-refractivity contribution in [2.24, 2.45) is 10.2 Å². The Labute approximate surface area is 248 Å². The minimum Gasteiger partial charge on any atom is -0.342 e. The molecule has 3 aromatic carbocycles. The summed E-state index contributed by atoms with van der Waals surface area (Å²) in [6.07, 6.45) is 1.42. The van der Waals surface area contributed by atoms with Crippen LogP contribution in [-0.4, -0.2) is 19.3 Å². The predicted molar refractivity (Wildman–Crippen MR) is 165 cm³/mol. The number of anilines is 1. The highest BCUT2D eigenvalue weighted by Gasteiger charge is 2.38. The Hall–Kier alpha value is -4.94. The summed E-state index contributed by atoms with van der Waals surface area (Å²) in [5.41, 5.74) is 6.28. The van der Waals surface area contributed by atoms with Gasteiger partial charge in [0.2, 0.25) is 0 Å². The zero-order valence-electron chi connectivity index (χ0n) is 22.3. The van der Waals surface area contributed by atoms with Crippen LogP contribution in [0.3, 0.4) is 0 Å². The second kappa shape index (κ2) is 10.2. The summed E-state index contributed by atoms with van der Waals surface area (Å²) in [6.45, 7) is 1.99. The molecule has 0 fully saturated rings. The fourth-order valence-electron chi connectivity index (χ4n) is 5.54. The lowest BCUT2D eigenvalue weighted by molar-refractivity contribution is -0.384. The van der Waals surface area contributed by atoms with E-state index in [1.165, 1.54) is 23.5 Å². The van der Waals surface area contributed by atoms with Gasteiger partial charge < -0.3 is 5.32 Å². The van der Waals surface area contributed by atoms with Gasteiger partial charge in [-0.2, -0.15) is 5.11 Å². The van der Waals surface area contributed by atoms with Gasteiger partial charge >= 0.3 is 0 Å². The van der Waals surface area contributed by atoms with E-state index in [1.807, 2.05) is 61.5 Å². The lowest BCUT2D eigenvalue weighted by atomic mass is 9.88. The summed E-state index contributed by atoms with van der Waals surface area (Å²) in [6, 6.07) is 23.5. The van der Waals surface area contributed by atoms with E-state index in [9.17, 15) is 14.9 Å². The number of nitrogens with one attached hydrogen (secondary N) is 2. The lowest BCUT2D eigenvalue weighted by Gasteiger charge is -2.34. The molecular formula is C30H23N7O3S2. The molecule has 0 saturated heterocycles. The van der Waals surface area contributed by atoms with E-state index in [2.05, 4.69) is 25.2 Å². The number of aryl methyl sites for hydroxylation is 1.